The van der Waals surface area contributed by atoms with Crippen molar-refractivity contribution in [3.8, 4) is 0 Å². The number of aliphatic hydroxyl groups excluding tert-OH is 1. The van der Waals surface area contributed by atoms with E-state index in [1.54, 1.807) is 44.2 Å². The van der Waals surface area contributed by atoms with Gasteiger partial charge in [-0.2, -0.15) is 0 Å². The lowest BCUT2D eigenvalue weighted by atomic mass is 10.0. The smallest absolute Gasteiger partial charge is 0.256 e. The summed E-state index contributed by atoms with van der Waals surface area (Å²) in [5.41, 5.74) is 3.68. The van der Waals surface area contributed by atoms with Gasteiger partial charge < -0.3 is 25.6 Å². The molecule has 0 spiro atoms. The van der Waals surface area contributed by atoms with E-state index in [9.17, 15) is 23.1 Å². The van der Waals surface area contributed by atoms with Gasteiger partial charge in [0, 0.05) is 51.3 Å². The first-order chi connectivity index (χ1) is 19.9. The van der Waals surface area contributed by atoms with Gasteiger partial charge in [0.15, 0.2) is 9.84 Å². The molecule has 0 saturated carbocycles. The zero-order valence-electron chi connectivity index (χ0n) is 23.3. The number of β-amino-alcohol motifs (C(OH)–C–C–N with tert-alkyl or cyclic N) is 1. The highest BCUT2D eigenvalue weighted by Gasteiger charge is 2.29. The molecule has 3 aromatic rings. The van der Waals surface area contributed by atoms with Crippen LogP contribution in [0.1, 0.15) is 51.3 Å². The Hall–Kier alpha value is -3.15. The van der Waals surface area contributed by atoms with Crippen LogP contribution in [0.3, 0.4) is 0 Å². The number of carbonyl (C=O) groups excluding carboxylic acids is 2. The van der Waals surface area contributed by atoms with Crippen molar-refractivity contribution in [2.45, 2.75) is 43.4 Å². The Balaban J connectivity index is 1.38. The summed E-state index contributed by atoms with van der Waals surface area (Å²) < 4.78 is 26.6. The second-order valence-corrected chi connectivity index (χ2v) is 13.5. The SMILES string of the molecule is Cc1[nH]c(/C=C2\C(=O)Nc3ccc(S(=O)(=O)Cc4c(Cl)cccc4Cl)cc32)c(C)c1C(=O)NCC(O)CN1CCCC1. The monoisotopic (exact) mass is 630 g/mol. The highest BCUT2D eigenvalue weighted by molar-refractivity contribution is 7.90. The molecule has 0 bridgehead atoms. The molecule has 42 heavy (non-hydrogen) atoms. The first-order valence-corrected chi connectivity index (χ1v) is 16.1. The van der Waals surface area contributed by atoms with Gasteiger partial charge in [-0.15, -0.1) is 0 Å². The maximum Gasteiger partial charge on any atom is 0.256 e. The summed E-state index contributed by atoms with van der Waals surface area (Å²) in [7, 11) is -3.86. The van der Waals surface area contributed by atoms with Crippen LogP contribution < -0.4 is 10.6 Å². The van der Waals surface area contributed by atoms with E-state index in [0.717, 1.165) is 25.9 Å². The lowest BCUT2D eigenvalue weighted by Gasteiger charge is -2.19. The summed E-state index contributed by atoms with van der Waals surface area (Å²) in [5, 5.41) is 16.5. The van der Waals surface area contributed by atoms with Crippen molar-refractivity contribution in [1.82, 2.24) is 15.2 Å². The molecule has 9 nitrogen and oxygen atoms in total. The molecule has 2 aliphatic heterocycles. The van der Waals surface area contributed by atoms with E-state index in [1.807, 2.05) is 0 Å². The van der Waals surface area contributed by atoms with Crippen molar-refractivity contribution in [2.75, 3.05) is 31.5 Å². The summed E-state index contributed by atoms with van der Waals surface area (Å²) >= 11 is 12.4. The number of aliphatic hydroxyl groups is 1. The molecule has 0 aliphatic carbocycles. The van der Waals surface area contributed by atoms with E-state index >= 15 is 0 Å². The fraction of sp³-hybridized carbons (Fsp3) is 0.333. The molecular weight excluding hydrogens is 599 g/mol. The Labute approximate surface area is 254 Å². The van der Waals surface area contributed by atoms with E-state index in [1.165, 1.54) is 12.1 Å². The Morgan fingerprint density at radius 1 is 1.14 bits per heavy atom. The summed E-state index contributed by atoms with van der Waals surface area (Å²) in [6, 6.07) is 9.25. The lowest BCUT2D eigenvalue weighted by Crippen LogP contribution is -2.39. The van der Waals surface area contributed by atoms with Crippen molar-refractivity contribution in [1.29, 1.82) is 0 Å². The standard InChI is InChI=1S/C30H32Cl2N4O5S/c1-17-27(34-18(2)28(17)30(39)33-14-19(37)15-36-10-3-4-11-36)13-22-21-12-20(8-9-26(21)35-29(22)38)42(40,41)16-23-24(31)6-5-7-25(23)32/h5-9,12-13,19,34,37H,3-4,10-11,14-16H2,1-2H3,(H,33,39)(H,35,38)/b22-13-. The fourth-order valence-corrected chi connectivity index (χ4v) is 7.60. The second kappa shape index (κ2) is 12.2. The van der Waals surface area contributed by atoms with E-state index < -0.39 is 27.6 Å². The second-order valence-electron chi connectivity index (χ2n) is 10.7. The van der Waals surface area contributed by atoms with Crippen LogP contribution in [-0.2, 0) is 20.4 Å². The van der Waals surface area contributed by atoms with Crippen LogP contribution in [-0.4, -0.2) is 67.5 Å². The molecule has 222 valence electrons. The number of benzene rings is 2. The summed E-state index contributed by atoms with van der Waals surface area (Å²) in [6.45, 7) is 6.09. The predicted octanol–water partition coefficient (Wildman–Crippen LogP) is 4.59. The summed E-state index contributed by atoms with van der Waals surface area (Å²) in [4.78, 5) is 31.4. The average Bonchev–Trinajstić information content (AvgIpc) is 3.63. The first-order valence-electron chi connectivity index (χ1n) is 13.7. The number of aryl methyl sites for hydroxylation is 1. The molecular formula is C30H32Cl2N4O5S. The minimum absolute atomic E-state index is 0.0200. The molecule has 3 heterocycles. The van der Waals surface area contributed by atoms with Gasteiger partial charge in [-0.25, -0.2) is 8.42 Å². The van der Waals surface area contributed by atoms with Gasteiger partial charge in [-0.05, 0) is 81.7 Å². The van der Waals surface area contributed by atoms with Gasteiger partial charge in [-0.3, -0.25) is 9.59 Å². The van der Waals surface area contributed by atoms with Gasteiger partial charge in [0.05, 0.1) is 27.9 Å². The van der Waals surface area contributed by atoms with E-state index in [-0.39, 0.29) is 33.0 Å². The number of sulfone groups is 1. The number of aromatic nitrogens is 1. The molecule has 2 aromatic carbocycles. The minimum atomic E-state index is -3.86. The van der Waals surface area contributed by atoms with Crippen molar-refractivity contribution in [2.24, 2.45) is 0 Å². The van der Waals surface area contributed by atoms with Crippen LogP contribution in [0.15, 0.2) is 41.3 Å². The number of carbonyl (C=O) groups is 2. The molecule has 12 heteroatoms. The summed E-state index contributed by atoms with van der Waals surface area (Å²) in [6.07, 6.45) is 3.18. The van der Waals surface area contributed by atoms with Gasteiger partial charge in [0.2, 0.25) is 0 Å². The van der Waals surface area contributed by atoms with Crippen LogP contribution in [0, 0.1) is 13.8 Å². The molecule has 5 rings (SSSR count). The van der Waals surface area contributed by atoms with Crippen molar-refractivity contribution in [3.05, 3.63) is 80.1 Å². The Morgan fingerprint density at radius 2 is 1.83 bits per heavy atom. The predicted molar refractivity (Wildman–Crippen MR) is 165 cm³/mol. The van der Waals surface area contributed by atoms with Crippen LogP contribution in [0.5, 0.6) is 0 Å². The van der Waals surface area contributed by atoms with Gasteiger partial charge >= 0.3 is 0 Å². The molecule has 0 radical (unpaired) electrons. The third-order valence-electron chi connectivity index (χ3n) is 7.69. The average molecular weight is 632 g/mol. The van der Waals surface area contributed by atoms with Gasteiger partial charge in [0.1, 0.15) is 0 Å². The number of aromatic amines is 1. The highest BCUT2D eigenvalue weighted by atomic mass is 35.5. The molecule has 1 atom stereocenters. The third kappa shape index (κ3) is 6.28. The zero-order valence-corrected chi connectivity index (χ0v) is 25.6. The number of amides is 2. The Kier molecular flexibility index (Phi) is 8.82. The Morgan fingerprint density at radius 3 is 2.52 bits per heavy atom. The van der Waals surface area contributed by atoms with E-state index in [4.69, 9.17) is 23.2 Å². The van der Waals surface area contributed by atoms with Crippen LogP contribution >= 0.6 is 23.2 Å². The minimum Gasteiger partial charge on any atom is -0.390 e. The zero-order chi connectivity index (χ0) is 30.2. The molecule has 1 unspecified atom stereocenters. The molecule has 2 amide bonds. The number of halogens is 2. The normalized spacial score (nSPS) is 17.0. The summed E-state index contributed by atoms with van der Waals surface area (Å²) in [5.74, 6) is -1.11. The number of H-pyrrole nitrogens is 1. The molecule has 2 aliphatic rings. The topological polar surface area (TPSA) is 132 Å². The number of hydrogen-bond acceptors (Lipinski definition) is 6. The molecule has 4 N–H and O–H groups in total. The number of likely N-dealkylation sites (tertiary alicyclic amines) is 1. The first kappa shape index (κ1) is 30.3. The molecule has 1 saturated heterocycles. The molecule has 1 aromatic heterocycles. The van der Waals surface area contributed by atoms with E-state index in [2.05, 4.69) is 20.5 Å². The number of fused-ring (bicyclic) bond motifs is 1. The van der Waals surface area contributed by atoms with Gasteiger partial charge in [0.25, 0.3) is 11.8 Å². The number of nitrogens with zero attached hydrogens (tertiary/aromatic N) is 1. The Bertz CT molecular complexity index is 1670. The van der Waals surface area contributed by atoms with Crippen molar-refractivity contribution in [3.63, 3.8) is 0 Å². The molecule has 1 fully saturated rings. The number of nitrogens with one attached hydrogen (secondary N) is 3. The third-order valence-corrected chi connectivity index (χ3v) is 10.0. The van der Waals surface area contributed by atoms with Crippen molar-refractivity contribution >= 4 is 62.2 Å². The number of hydrogen-bond donors (Lipinski definition) is 4. The quantitative estimate of drug-likeness (QED) is 0.256. The largest absolute Gasteiger partial charge is 0.390 e. The van der Waals surface area contributed by atoms with Crippen LogP contribution in [0.2, 0.25) is 10.0 Å². The van der Waals surface area contributed by atoms with Crippen LogP contribution in [0.25, 0.3) is 11.6 Å². The van der Waals surface area contributed by atoms with E-state index in [0.29, 0.717) is 45.9 Å². The van der Waals surface area contributed by atoms with Crippen molar-refractivity contribution < 1.29 is 23.1 Å². The maximum atomic E-state index is 13.3. The van der Waals surface area contributed by atoms with Gasteiger partial charge in [-0.1, -0.05) is 29.3 Å². The number of rotatable bonds is 9. The maximum absolute atomic E-state index is 13.3. The number of anilines is 1. The van der Waals surface area contributed by atoms with Crippen LogP contribution in [0.4, 0.5) is 5.69 Å². The fourth-order valence-electron chi connectivity index (χ4n) is 5.48. The highest BCUT2D eigenvalue weighted by Crippen LogP contribution is 2.37. The lowest BCUT2D eigenvalue weighted by molar-refractivity contribution is -0.110.